The maximum absolute atomic E-state index is 11.3. The first-order chi connectivity index (χ1) is 8.32. The fourth-order valence-electron chi connectivity index (χ4n) is 2.26. The van der Waals surface area contributed by atoms with Gasteiger partial charge < -0.3 is 8.97 Å². The minimum absolute atomic E-state index is 0.169. The van der Waals surface area contributed by atoms with Gasteiger partial charge >= 0.3 is 0 Å². The molecule has 0 saturated carbocycles. The highest BCUT2D eigenvalue weighted by Crippen LogP contribution is 2.15. The van der Waals surface area contributed by atoms with Crippen LogP contribution >= 0.6 is 0 Å². The summed E-state index contributed by atoms with van der Waals surface area (Å²) in [5, 5.41) is 0. The largest absolute Gasteiger partial charge is 0.309 e. The Hall–Kier alpha value is -1.40. The van der Waals surface area contributed by atoms with E-state index in [4.69, 9.17) is 0 Å². The lowest BCUT2D eigenvalue weighted by atomic mass is 10.2. The van der Waals surface area contributed by atoms with Crippen molar-refractivity contribution in [2.24, 2.45) is 9.98 Å². The zero-order chi connectivity index (χ0) is 13.8. The summed E-state index contributed by atoms with van der Waals surface area (Å²) in [6.45, 7) is 10.7. The molecule has 6 nitrogen and oxygen atoms in total. The van der Waals surface area contributed by atoms with Gasteiger partial charge in [-0.15, -0.1) is 0 Å². The first kappa shape index (κ1) is 14.7. The standard InChI is InChI=1S/C12H22N4O2/c1-13-11(17)9-15(3)5-7-16(4,8-6-15)10-12(18)14-2/h1-2,5-10H2,3-4H3/q+2. The summed E-state index contributed by atoms with van der Waals surface area (Å²) in [5.74, 6) is -0.338. The van der Waals surface area contributed by atoms with Gasteiger partial charge in [-0.3, -0.25) is 9.59 Å². The van der Waals surface area contributed by atoms with Crippen molar-refractivity contribution >= 4 is 25.2 Å². The number of rotatable bonds is 4. The lowest BCUT2D eigenvalue weighted by molar-refractivity contribution is -1.01. The molecule has 0 spiro atoms. The predicted molar refractivity (Wildman–Crippen MR) is 70.7 cm³/mol. The molecule has 1 aliphatic heterocycles. The average Bonchev–Trinajstić information content (AvgIpc) is 2.33. The number of aliphatic imine (C=N–C) groups is 2. The lowest BCUT2D eigenvalue weighted by Gasteiger charge is -2.45. The predicted octanol–water partition coefficient (Wildman–Crippen LogP) is -0.652. The third-order valence-corrected chi connectivity index (χ3v) is 3.75. The minimum Gasteiger partial charge on any atom is -0.309 e. The third kappa shape index (κ3) is 3.82. The van der Waals surface area contributed by atoms with Crippen LogP contribution in [0.1, 0.15) is 0 Å². The number of carbonyl (C=O) groups is 2. The quantitative estimate of drug-likeness (QED) is 0.494. The molecule has 1 rings (SSSR count). The van der Waals surface area contributed by atoms with Gasteiger partial charge in [-0.25, -0.2) is 9.98 Å². The smallest absolute Gasteiger partial charge is 0.300 e. The molecule has 1 saturated heterocycles. The van der Waals surface area contributed by atoms with Crippen molar-refractivity contribution in [2.75, 3.05) is 53.4 Å². The number of quaternary nitrogens is 2. The molecule has 0 aliphatic carbocycles. The summed E-state index contributed by atoms with van der Waals surface area (Å²) in [5.41, 5.74) is 0. The van der Waals surface area contributed by atoms with Crippen molar-refractivity contribution in [3.05, 3.63) is 0 Å². The van der Waals surface area contributed by atoms with Gasteiger partial charge in [0.15, 0.2) is 13.1 Å². The van der Waals surface area contributed by atoms with Crippen LogP contribution in [0.2, 0.25) is 0 Å². The second-order valence-electron chi connectivity index (χ2n) is 5.55. The van der Waals surface area contributed by atoms with Gasteiger partial charge in [0.2, 0.25) is 0 Å². The third-order valence-electron chi connectivity index (χ3n) is 3.75. The second kappa shape index (κ2) is 5.49. The molecule has 2 amide bonds. The lowest BCUT2D eigenvalue weighted by Crippen LogP contribution is -2.65. The van der Waals surface area contributed by atoms with Crippen LogP contribution in [0.4, 0.5) is 0 Å². The van der Waals surface area contributed by atoms with Gasteiger partial charge in [0.25, 0.3) is 11.8 Å². The van der Waals surface area contributed by atoms with E-state index in [-0.39, 0.29) is 11.8 Å². The SMILES string of the molecule is C=NC(=O)C[N+]1(C)CC[N+](C)(CC(=O)N=C)CC1. The topological polar surface area (TPSA) is 58.9 Å². The van der Waals surface area contributed by atoms with E-state index in [1.165, 1.54) is 0 Å². The fraction of sp³-hybridized carbons (Fsp3) is 0.667. The summed E-state index contributed by atoms with van der Waals surface area (Å²) in [7, 11) is 4.08. The van der Waals surface area contributed by atoms with E-state index in [0.29, 0.717) is 22.1 Å². The molecule has 1 aliphatic rings. The first-order valence-electron chi connectivity index (χ1n) is 5.99. The molecule has 0 unspecified atom stereocenters. The molecule has 0 aromatic heterocycles. The van der Waals surface area contributed by atoms with E-state index in [1.54, 1.807) is 0 Å². The fourth-order valence-corrected chi connectivity index (χ4v) is 2.26. The number of hydrogen-bond acceptors (Lipinski definition) is 2. The van der Waals surface area contributed by atoms with E-state index >= 15 is 0 Å². The summed E-state index contributed by atoms with van der Waals surface area (Å²) in [6.07, 6.45) is 0. The minimum atomic E-state index is -0.169. The van der Waals surface area contributed by atoms with Gasteiger partial charge in [-0.05, 0) is 13.4 Å². The van der Waals surface area contributed by atoms with Crippen molar-refractivity contribution < 1.29 is 18.6 Å². The number of carbonyl (C=O) groups excluding carboxylic acids is 2. The van der Waals surface area contributed by atoms with Crippen molar-refractivity contribution in [3.63, 3.8) is 0 Å². The Labute approximate surface area is 108 Å². The first-order valence-corrected chi connectivity index (χ1v) is 5.99. The van der Waals surface area contributed by atoms with Gasteiger partial charge in [0.05, 0.1) is 14.1 Å². The number of nitrogens with zero attached hydrogens (tertiary/aromatic N) is 4. The monoisotopic (exact) mass is 254 g/mol. The van der Waals surface area contributed by atoms with Crippen LogP contribution in [0.25, 0.3) is 0 Å². The molecule has 1 heterocycles. The van der Waals surface area contributed by atoms with Crippen molar-refractivity contribution in [2.45, 2.75) is 0 Å². The number of piperazine rings is 1. The maximum atomic E-state index is 11.3. The average molecular weight is 254 g/mol. The van der Waals surface area contributed by atoms with E-state index in [0.717, 1.165) is 26.2 Å². The van der Waals surface area contributed by atoms with Crippen LogP contribution in [0, 0.1) is 0 Å². The molecule has 0 bridgehead atoms. The van der Waals surface area contributed by atoms with Crippen LogP contribution in [-0.2, 0) is 9.59 Å². The zero-order valence-corrected chi connectivity index (χ0v) is 11.3. The van der Waals surface area contributed by atoms with E-state index in [9.17, 15) is 9.59 Å². The van der Waals surface area contributed by atoms with Gasteiger partial charge in [-0.2, -0.15) is 0 Å². The molecule has 0 radical (unpaired) electrons. The van der Waals surface area contributed by atoms with Crippen molar-refractivity contribution in [1.82, 2.24) is 0 Å². The number of hydrogen-bond donors (Lipinski definition) is 0. The molecule has 0 aromatic carbocycles. The molecule has 1 fully saturated rings. The Morgan fingerprint density at radius 1 is 0.889 bits per heavy atom. The van der Waals surface area contributed by atoms with Crippen LogP contribution in [-0.4, -0.2) is 87.6 Å². The summed E-state index contributed by atoms with van der Waals surface area (Å²) >= 11 is 0. The van der Waals surface area contributed by atoms with Gasteiger partial charge in [0.1, 0.15) is 26.2 Å². The Bertz CT molecular complexity index is 334. The Balaban J connectivity index is 2.58. The van der Waals surface area contributed by atoms with E-state index < -0.39 is 0 Å². The van der Waals surface area contributed by atoms with Crippen molar-refractivity contribution in [1.29, 1.82) is 0 Å². The number of amides is 2. The highest BCUT2D eigenvalue weighted by atomic mass is 16.2. The second-order valence-corrected chi connectivity index (χ2v) is 5.55. The summed E-state index contributed by atoms with van der Waals surface area (Å²) < 4.78 is 1.34. The highest BCUT2D eigenvalue weighted by Gasteiger charge is 2.39. The van der Waals surface area contributed by atoms with Crippen LogP contribution < -0.4 is 0 Å². The number of likely N-dealkylation sites (N-methyl/N-ethyl adjacent to an activating group) is 2. The zero-order valence-electron chi connectivity index (χ0n) is 11.3. The molecule has 18 heavy (non-hydrogen) atoms. The maximum Gasteiger partial charge on any atom is 0.300 e. The Kier molecular flexibility index (Phi) is 4.48. The van der Waals surface area contributed by atoms with Gasteiger partial charge in [-0.1, -0.05) is 0 Å². The molecule has 0 N–H and O–H groups in total. The summed E-state index contributed by atoms with van der Waals surface area (Å²) in [6, 6.07) is 0. The highest BCUT2D eigenvalue weighted by molar-refractivity contribution is 5.82. The molecular weight excluding hydrogens is 232 g/mol. The molecule has 100 valence electrons. The van der Waals surface area contributed by atoms with Gasteiger partial charge in [0, 0.05) is 0 Å². The van der Waals surface area contributed by atoms with Crippen molar-refractivity contribution in [3.8, 4) is 0 Å². The molecule has 6 heteroatoms. The molecule has 0 aromatic rings. The summed E-state index contributed by atoms with van der Waals surface area (Å²) in [4.78, 5) is 29.6. The van der Waals surface area contributed by atoms with Crippen LogP contribution in [0.3, 0.4) is 0 Å². The molecule has 0 atom stereocenters. The van der Waals surface area contributed by atoms with E-state index in [1.807, 2.05) is 14.1 Å². The Morgan fingerprint density at radius 2 is 1.17 bits per heavy atom. The van der Waals surface area contributed by atoms with Crippen LogP contribution in [0.5, 0.6) is 0 Å². The molecular formula is C12H22N4O2+2. The Morgan fingerprint density at radius 3 is 1.39 bits per heavy atom. The van der Waals surface area contributed by atoms with E-state index in [2.05, 4.69) is 23.4 Å². The normalized spacial score (nSPS) is 31.7. The van der Waals surface area contributed by atoms with Crippen LogP contribution in [0.15, 0.2) is 9.98 Å².